The summed E-state index contributed by atoms with van der Waals surface area (Å²) in [5.74, 6) is 0.111. The number of carbonyl (C=O) groups is 1. The standard InChI is InChI=1S/C29H25Cl3N4O2S/c30-20-5-10-23(25(32)17-20)26-11-12-27(38-26)28(37)34-29(39)33-21-6-8-22(9-7-21)36-15-13-35(14-16-36)18-19-3-1-2-4-24(19)31/h1-12,17H,13-16,18H2,(H2,33,34,37,39). The van der Waals surface area contributed by atoms with Crippen molar-refractivity contribution in [2.75, 3.05) is 36.4 Å². The van der Waals surface area contributed by atoms with Crippen molar-refractivity contribution in [2.24, 2.45) is 0 Å². The van der Waals surface area contributed by atoms with E-state index in [4.69, 9.17) is 51.4 Å². The average molecular weight is 600 g/mol. The molecule has 6 nitrogen and oxygen atoms in total. The number of carbonyl (C=O) groups excluding carboxylic acids is 1. The molecular formula is C29H25Cl3N4O2S. The zero-order valence-corrected chi connectivity index (χ0v) is 23.9. The van der Waals surface area contributed by atoms with Gasteiger partial charge in [0, 0.05) is 59.7 Å². The van der Waals surface area contributed by atoms with Crippen molar-refractivity contribution >= 4 is 69.4 Å². The van der Waals surface area contributed by atoms with Gasteiger partial charge in [-0.2, -0.15) is 0 Å². The third-order valence-electron chi connectivity index (χ3n) is 6.47. The summed E-state index contributed by atoms with van der Waals surface area (Å²) in [6, 6.07) is 24.3. The van der Waals surface area contributed by atoms with Crippen LogP contribution in [0.4, 0.5) is 11.4 Å². The van der Waals surface area contributed by atoms with E-state index in [1.165, 1.54) is 0 Å². The van der Waals surface area contributed by atoms with Crippen LogP contribution in [0.1, 0.15) is 16.1 Å². The summed E-state index contributed by atoms with van der Waals surface area (Å²) in [7, 11) is 0. The number of anilines is 2. The monoisotopic (exact) mass is 598 g/mol. The number of nitrogens with one attached hydrogen (secondary N) is 2. The molecule has 0 bridgehead atoms. The van der Waals surface area contributed by atoms with Crippen LogP contribution >= 0.6 is 47.0 Å². The molecule has 1 saturated heterocycles. The maximum absolute atomic E-state index is 12.6. The van der Waals surface area contributed by atoms with Crippen molar-refractivity contribution in [3.63, 3.8) is 0 Å². The van der Waals surface area contributed by atoms with E-state index in [2.05, 4.69) is 26.5 Å². The van der Waals surface area contributed by atoms with Gasteiger partial charge in [-0.3, -0.25) is 15.0 Å². The SMILES string of the molecule is O=C(NC(=S)Nc1ccc(N2CCN(Cc3ccccc3Cl)CC2)cc1)c1ccc(-c2ccc(Cl)cc2Cl)o1. The number of amides is 1. The van der Waals surface area contributed by atoms with E-state index in [9.17, 15) is 4.79 Å². The predicted molar refractivity (Wildman–Crippen MR) is 163 cm³/mol. The lowest BCUT2D eigenvalue weighted by Gasteiger charge is -2.36. The highest BCUT2D eigenvalue weighted by Gasteiger charge is 2.19. The zero-order chi connectivity index (χ0) is 27.4. The van der Waals surface area contributed by atoms with Gasteiger partial charge in [0.05, 0.1) is 5.02 Å². The third kappa shape index (κ3) is 6.93. The Morgan fingerprint density at radius 1 is 0.872 bits per heavy atom. The largest absolute Gasteiger partial charge is 0.451 e. The number of hydrogen-bond donors (Lipinski definition) is 2. The van der Waals surface area contributed by atoms with Crippen molar-refractivity contribution in [3.8, 4) is 11.3 Å². The summed E-state index contributed by atoms with van der Waals surface area (Å²) >= 11 is 23.9. The van der Waals surface area contributed by atoms with Gasteiger partial charge in [0.1, 0.15) is 5.76 Å². The molecule has 1 amide bonds. The Bertz CT molecular complexity index is 1480. The molecule has 1 aliphatic rings. The van der Waals surface area contributed by atoms with Gasteiger partial charge in [-0.15, -0.1) is 0 Å². The van der Waals surface area contributed by atoms with Gasteiger partial charge < -0.3 is 14.6 Å². The number of piperazine rings is 1. The maximum Gasteiger partial charge on any atom is 0.293 e. The van der Waals surface area contributed by atoms with Gasteiger partial charge >= 0.3 is 0 Å². The first-order chi connectivity index (χ1) is 18.9. The summed E-state index contributed by atoms with van der Waals surface area (Å²) in [6.45, 7) is 4.63. The lowest BCUT2D eigenvalue weighted by atomic mass is 10.2. The van der Waals surface area contributed by atoms with Gasteiger partial charge in [-0.25, -0.2) is 0 Å². The van der Waals surface area contributed by atoms with E-state index < -0.39 is 5.91 Å². The molecule has 0 aliphatic carbocycles. The van der Waals surface area contributed by atoms with Crippen molar-refractivity contribution in [1.82, 2.24) is 10.2 Å². The molecule has 39 heavy (non-hydrogen) atoms. The lowest BCUT2D eigenvalue weighted by molar-refractivity contribution is 0.0951. The molecule has 2 N–H and O–H groups in total. The van der Waals surface area contributed by atoms with Crippen LogP contribution in [0.25, 0.3) is 11.3 Å². The summed E-state index contributed by atoms with van der Waals surface area (Å²) in [5, 5.41) is 7.63. The van der Waals surface area contributed by atoms with Crippen LogP contribution in [-0.2, 0) is 6.54 Å². The molecular weight excluding hydrogens is 575 g/mol. The van der Waals surface area contributed by atoms with Crippen molar-refractivity contribution in [2.45, 2.75) is 6.54 Å². The molecule has 10 heteroatoms. The van der Waals surface area contributed by atoms with Gasteiger partial charge in [0.15, 0.2) is 10.9 Å². The minimum absolute atomic E-state index is 0.115. The molecule has 1 aliphatic heterocycles. The Labute approximate surface area is 247 Å². The number of rotatable bonds is 6. The topological polar surface area (TPSA) is 60.8 Å². The van der Waals surface area contributed by atoms with Crippen molar-refractivity contribution in [1.29, 1.82) is 0 Å². The molecule has 5 rings (SSSR count). The van der Waals surface area contributed by atoms with Gasteiger partial charge in [-0.1, -0.05) is 53.0 Å². The highest BCUT2D eigenvalue weighted by molar-refractivity contribution is 7.80. The summed E-state index contributed by atoms with van der Waals surface area (Å²) in [5.41, 5.74) is 3.71. The summed E-state index contributed by atoms with van der Waals surface area (Å²) in [4.78, 5) is 17.4. The minimum atomic E-state index is -0.463. The molecule has 0 radical (unpaired) electrons. The smallest absolute Gasteiger partial charge is 0.293 e. The van der Waals surface area contributed by atoms with Crippen molar-refractivity contribution in [3.05, 3.63) is 105 Å². The number of benzene rings is 3. The molecule has 200 valence electrons. The molecule has 0 atom stereocenters. The Morgan fingerprint density at radius 3 is 2.33 bits per heavy atom. The molecule has 3 aromatic carbocycles. The van der Waals surface area contributed by atoms with Crippen LogP contribution in [0.15, 0.2) is 83.3 Å². The zero-order valence-electron chi connectivity index (χ0n) is 20.8. The van der Waals surface area contributed by atoms with Crippen LogP contribution in [0, 0.1) is 0 Å². The van der Waals surface area contributed by atoms with Crippen LogP contribution in [-0.4, -0.2) is 42.1 Å². The number of halogens is 3. The number of hydrogen-bond acceptors (Lipinski definition) is 5. The second kappa shape index (κ2) is 12.4. The number of thiocarbonyl (C=S) groups is 1. The number of nitrogens with zero attached hydrogens (tertiary/aromatic N) is 2. The first-order valence-corrected chi connectivity index (χ1v) is 13.9. The average Bonchev–Trinajstić information content (AvgIpc) is 3.41. The van der Waals surface area contributed by atoms with Gasteiger partial charge in [0.25, 0.3) is 5.91 Å². The maximum atomic E-state index is 12.6. The second-order valence-corrected chi connectivity index (χ2v) is 10.8. The lowest BCUT2D eigenvalue weighted by Crippen LogP contribution is -2.46. The van der Waals surface area contributed by atoms with E-state index in [-0.39, 0.29) is 10.9 Å². The fraction of sp³-hybridized carbons (Fsp3) is 0.172. The molecule has 2 heterocycles. The molecule has 1 aromatic heterocycles. The molecule has 4 aromatic rings. The Hall–Kier alpha value is -3.07. The van der Waals surface area contributed by atoms with Crippen LogP contribution < -0.4 is 15.5 Å². The fourth-order valence-electron chi connectivity index (χ4n) is 4.41. The second-order valence-electron chi connectivity index (χ2n) is 9.10. The summed E-state index contributed by atoms with van der Waals surface area (Å²) in [6.07, 6.45) is 0. The number of furan rings is 1. The van der Waals surface area contributed by atoms with E-state index in [1.54, 1.807) is 30.3 Å². The quantitative estimate of drug-likeness (QED) is 0.226. The van der Waals surface area contributed by atoms with E-state index >= 15 is 0 Å². The highest BCUT2D eigenvalue weighted by Crippen LogP contribution is 2.31. The van der Waals surface area contributed by atoms with E-state index in [1.807, 2.05) is 42.5 Å². The van der Waals surface area contributed by atoms with E-state index in [0.29, 0.717) is 21.4 Å². The molecule has 0 unspecified atom stereocenters. The Balaban J connectivity index is 1.11. The first-order valence-electron chi connectivity index (χ1n) is 12.3. The van der Waals surface area contributed by atoms with Crippen molar-refractivity contribution < 1.29 is 9.21 Å². The predicted octanol–water partition coefficient (Wildman–Crippen LogP) is 7.36. The third-order valence-corrected chi connectivity index (χ3v) is 7.59. The minimum Gasteiger partial charge on any atom is -0.451 e. The first kappa shape index (κ1) is 27.5. The molecule has 0 saturated carbocycles. The summed E-state index contributed by atoms with van der Waals surface area (Å²) < 4.78 is 5.69. The van der Waals surface area contributed by atoms with Gasteiger partial charge in [-0.05, 0) is 78.4 Å². The normalized spacial score (nSPS) is 13.8. The Morgan fingerprint density at radius 2 is 1.62 bits per heavy atom. The van der Waals surface area contributed by atoms with E-state index in [0.717, 1.165) is 54.7 Å². The van der Waals surface area contributed by atoms with Crippen LogP contribution in [0.5, 0.6) is 0 Å². The highest BCUT2D eigenvalue weighted by atomic mass is 35.5. The van der Waals surface area contributed by atoms with Gasteiger partial charge in [0.2, 0.25) is 0 Å². The molecule has 0 spiro atoms. The fourth-order valence-corrected chi connectivity index (χ4v) is 5.32. The Kier molecular flexibility index (Phi) is 8.75. The molecule has 1 fully saturated rings. The van der Waals surface area contributed by atoms with Crippen LogP contribution in [0.3, 0.4) is 0 Å². The van der Waals surface area contributed by atoms with Crippen LogP contribution in [0.2, 0.25) is 15.1 Å².